The molecule has 0 unspecified atom stereocenters. The molecule has 0 fully saturated rings. The highest BCUT2D eigenvalue weighted by molar-refractivity contribution is 5.93. The van der Waals surface area contributed by atoms with E-state index in [9.17, 15) is 9.90 Å². The summed E-state index contributed by atoms with van der Waals surface area (Å²) >= 11 is 0. The summed E-state index contributed by atoms with van der Waals surface area (Å²) in [6.07, 6.45) is 3.29. The van der Waals surface area contributed by atoms with Gasteiger partial charge in [-0.15, -0.1) is 0 Å². The zero-order valence-electron chi connectivity index (χ0n) is 12.9. The minimum atomic E-state index is -0.857. The smallest absolute Gasteiger partial charge is 0.335 e. The predicted octanol–water partition coefficient (Wildman–Crippen LogP) is 4.11. The van der Waals surface area contributed by atoms with Gasteiger partial charge in [0.2, 0.25) is 0 Å². The molecule has 0 bridgehead atoms. The van der Waals surface area contributed by atoms with Crippen LogP contribution in [0, 0.1) is 6.92 Å². The van der Waals surface area contributed by atoms with E-state index in [2.05, 4.69) is 38.7 Å². The van der Waals surface area contributed by atoms with Crippen molar-refractivity contribution in [1.29, 1.82) is 0 Å². The first kappa shape index (κ1) is 14.6. The quantitative estimate of drug-likeness (QED) is 0.901. The number of carboxylic acids is 1. The van der Waals surface area contributed by atoms with Crippen LogP contribution in [0.2, 0.25) is 0 Å². The molecule has 1 aliphatic heterocycles. The first-order chi connectivity index (χ1) is 9.27. The number of aromatic carboxylic acids is 1. The Morgan fingerprint density at radius 3 is 2.50 bits per heavy atom. The highest BCUT2D eigenvalue weighted by Gasteiger charge is 2.31. The Bertz CT molecular complexity index is 585. The zero-order chi connectivity index (χ0) is 15.1. The van der Waals surface area contributed by atoms with Crippen molar-refractivity contribution in [2.24, 2.45) is 0 Å². The van der Waals surface area contributed by atoms with Gasteiger partial charge in [0.25, 0.3) is 0 Å². The van der Waals surface area contributed by atoms with Crippen molar-refractivity contribution in [1.82, 2.24) is 0 Å². The second kappa shape index (κ2) is 4.97. The molecule has 0 atom stereocenters. The third-order valence-corrected chi connectivity index (χ3v) is 4.00. The number of aryl methyl sites for hydroxylation is 1. The molecule has 0 aliphatic carbocycles. The molecular formula is C17H23NO2. The Labute approximate surface area is 120 Å². The number of rotatable bonds is 3. The first-order valence-corrected chi connectivity index (χ1v) is 7.13. The number of anilines is 1. The maximum atomic E-state index is 11.3. The summed E-state index contributed by atoms with van der Waals surface area (Å²) in [5.74, 6) is -0.857. The van der Waals surface area contributed by atoms with Crippen molar-refractivity contribution in [3.63, 3.8) is 0 Å². The van der Waals surface area contributed by atoms with E-state index >= 15 is 0 Å². The minimum Gasteiger partial charge on any atom is -0.478 e. The van der Waals surface area contributed by atoms with Gasteiger partial charge in [0.15, 0.2) is 0 Å². The van der Waals surface area contributed by atoms with Crippen LogP contribution in [0.5, 0.6) is 0 Å². The van der Waals surface area contributed by atoms with Gasteiger partial charge >= 0.3 is 5.97 Å². The third-order valence-electron chi connectivity index (χ3n) is 4.00. The maximum absolute atomic E-state index is 11.3. The van der Waals surface area contributed by atoms with E-state index in [-0.39, 0.29) is 5.54 Å². The normalized spacial score (nSPS) is 16.6. The second-order valence-corrected chi connectivity index (χ2v) is 6.12. The average Bonchev–Trinajstić information content (AvgIpc) is 2.32. The van der Waals surface area contributed by atoms with Crippen LogP contribution in [0.1, 0.15) is 55.6 Å². The molecule has 0 radical (unpaired) electrons. The lowest BCUT2D eigenvalue weighted by atomic mass is 9.86. The van der Waals surface area contributed by atoms with Crippen LogP contribution >= 0.6 is 0 Å². The number of carboxylic acid groups (broad SMARTS) is 1. The van der Waals surface area contributed by atoms with Gasteiger partial charge in [0.05, 0.1) is 11.1 Å². The van der Waals surface area contributed by atoms with E-state index in [1.807, 2.05) is 19.1 Å². The fourth-order valence-corrected chi connectivity index (χ4v) is 3.09. The van der Waals surface area contributed by atoms with Gasteiger partial charge in [-0.3, -0.25) is 0 Å². The van der Waals surface area contributed by atoms with Crippen molar-refractivity contribution in [2.75, 3.05) is 11.4 Å². The number of hydrogen-bond donors (Lipinski definition) is 1. The van der Waals surface area contributed by atoms with Gasteiger partial charge in [0.1, 0.15) is 0 Å². The molecule has 0 spiro atoms. The van der Waals surface area contributed by atoms with Crippen LogP contribution in [0.4, 0.5) is 5.69 Å². The summed E-state index contributed by atoms with van der Waals surface area (Å²) in [5, 5.41) is 9.29. The molecule has 3 nitrogen and oxygen atoms in total. The molecule has 0 aromatic heterocycles. The van der Waals surface area contributed by atoms with Crippen molar-refractivity contribution in [2.45, 2.75) is 46.6 Å². The molecule has 1 aliphatic rings. The van der Waals surface area contributed by atoms with Crippen LogP contribution in [-0.4, -0.2) is 23.2 Å². The van der Waals surface area contributed by atoms with E-state index in [0.717, 1.165) is 35.4 Å². The van der Waals surface area contributed by atoms with Crippen LogP contribution in [-0.2, 0) is 0 Å². The van der Waals surface area contributed by atoms with E-state index < -0.39 is 5.97 Å². The summed E-state index contributed by atoms with van der Waals surface area (Å²) < 4.78 is 0. The molecule has 108 valence electrons. The lowest BCUT2D eigenvalue weighted by molar-refractivity contribution is 0.0696. The van der Waals surface area contributed by atoms with Crippen LogP contribution in [0.3, 0.4) is 0 Å². The van der Waals surface area contributed by atoms with E-state index in [1.54, 1.807) is 0 Å². The molecule has 2 rings (SSSR count). The SMILES string of the molecule is CCCN1c2cc(C)c(C(=O)O)cc2C(C)=CC1(C)C. The Morgan fingerprint density at radius 2 is 1.95 bits per heavy atom. The molecule has 20 heavy (non-hydrogen) atoms. The Balaban J connectivity index is 2.66. The van der Waals surface area contributed by atoms with Gasteiger partial charge in [-0.1, -0.05) is 13.0 Å². The summed E-state index contributed by atoms with van der Waals surface area (Å²) in [6, 6.07) is 3.84. The highest BCUT2D eigenvalue weighted by Crippen LogP contribution is 2.40. The topological polar surface area (TPSA) is 40.5 Å². The lowest BCUT2D eigenvalue weighted by Gasteiger charge is -2.43. The molecule has 1 aromatic rings. The number of carbonyl (C=O) groups is 1. The van der Waals surface area contributed by atoms with Gasteiger partial charge < -0.3 is 10.0 Å². The van der Waals surface area contributed by atoms with E-state index in [0.29, 0.717) is 5.56 Å². The largest absolute Gasteiger partial charge is 0.478 e. The standard InChI is InChI=1S/C17H23NO2/c1-6-7-18-15-8-11(2)14(16(19)20)9-13(15)12(3)10-17(18,4)5/h8-10H,6-7H2,1-5H3,(H,19,20). The lowest BCUT2D eigenvalue weighted by Crippen LogP contribution is -2.45. The molecular weight excluding hydrogens is 250 g/mol. The number of hydrogen-bond acceptors (Lipinski definition) is 2. The average molecular weight is 273 g/mol. The number of allylic oxidation sites excluding steroid dienone is 1. The van der Waals surface area contributed by atoms with Gasteiger partial charge in [0, 0.05) is 17.8 Å². The molecule has 1 N–H and O–H groups in total. The number of fused-ring (bicyclic) bond motifs is 1. The van der Waals surface area contributed by atoms with E-state index in [1.165, 1.54) is 0 Å². The van der Waals surface area contributed by atoms with Crippen LogP contribution in [0.25, 0.3) is 5.57 Å². The van der Waals surface area contributed by atoms with Crippen molar-refractivity contribution in [3.05, 3.63) is 34.9 Å². The summed E-state index contributed by atoms with van der Waals surface area (Å²) in [6.45, 7) is 11.5. The molecule has 0 amide bonds. The van der Waals surface area contributed by atoms with Gasteiger partial charge in [-0.25, -0.2) is 4.79 Å². The monoisotopic (exact) mass is 273 g/mol. The van der Waals surface area contributed by atoms with Gasteiger partial charge in [-0.05, 0) is 57.4 Å². The van der Waals surface area contributed by atoms with Gasteiger partial charge in [-0.2, -0.15) is 0 Å². The number of benzene rings is 1. The Kier molecular flexibility index (Phi) is 3.63. The number of nitrogens with zero attached hydrogens (tertiary/aromatic N) is 1. The zero-order valence-corrected chi connectivity index (χ0v) is 12.9. The Morgan fingerprint density at radius 1 is 1.30 bits per heavy atom. The summed E-state index contributed by atoms with van der Waals surface area (Å²) in [7, 11) is 0. The maximum Gasteiger partial charge on any atom is 0.335 e. The fourth-order valence-electron chi connectivity index (χ4n) is 3.09. The van der Waals surface area contributed by atoms with Crippen molar-refractivity contribution >= 4 is 17.2 Å². The molecule has 0 saturated heterocycles. The molecule has 3 heteroatoms. The summed E-state index contributed by atoms with van der Waals surface area (Å²) in [4.78, 5) is 13.7. The van der Waals surface area contributed by atoms with E-state index in [4.69, 9.17) is 0 Å². The van der Waals surface area contributed by atoms with Crippen molar-refractivity contribution in [3.8, 4) is 0 Å². The van der Waals surface area contributed by atoms with Crippen LogP contribution < -0.4 is 4.90 Å². The highest BCUT2D eigenvalue weighted by atomic mass is 16.4. The van der Waals surface area contributed by atoms with Crippen LogP contribution in [0.15, 0.2) is 18.2 Å². The predicted molar refractivity (Wildman–Crippen MR) is 83.5 cm³/mol. The third kappa shape index (κ3) is 2.33. The minimum absolute atomic E-state index is 0.0374. The molecule has 1 aromatic carbocycles. The fraction of sp³-hybridized carbons (Fsp3) is 0.471. The summed E-state index contributed by atoms with van der Waals surface area (Å²) in [5.41, 5.74) is 4.53. The Hall–Kier alpha value is -1.77. The first-order valence-electron chi connectivity index (χ1n) is 7.13. The van der Waals surface area contributed by atoms with Crippen molar-refractivity contribution < 1.29 is 9.90 Å². The molecule has 0 saturated carbocycles. The second-order valence-electron chi connectivity index (χ2n) is 6.12. The molecule has 1 heterocycles.